The van der Waals surface area contributed by atoms with E-state index < -0.39 is 0 Å². The number of hydrogen-bond acceptors (Lipinski definition) is 3. The maximum absolute atomic E-state index is 12.3. The number of carbonyl (C=O) groups is 2. The summed E-state index contributed by atoms with van der Waals surface area (Å²) in [6.45, 7) is 6.97. The first kappa shape index (κ1) is 18.5. The lowest BCUT2D eigenvalue weighted by molar-refractivity contribution is -0.130. The summed E-state index contributed by atoms with van der Waals surface area (Å²) in [5.41, 5.74) is 0.645. The minimum absolute atomic E-state index is 0.241. The van der Waals surface area contributed by atoms with Crippen molar-refractivity contribution >= 4 is 17.6 Å². The summed E-state index contributed by atoms with van der Waals surface area (Å²) in [7, 11) is 1.58. The standard InChI is InChI=1S/C20H29N3O3/c1-12(2)23-17-9-13(3)15(14(17)10-19(23)24)11-21-20(25)22-16-7-5-6-8-18(16)26-4/h5-8,12-15,17H,9-11H2,1-4H3,(H2,21,22,25)/t13-,14-,15+,17+/m0/s1. The third-order valence-corrected chi connectivity index (χ3v) is 5.85. The van der Waals surface area contributed by atoms with Crippen LogP contribution in [0.15, 0.2) is 24.3 Å². The van der Waals surface area contributed by atoms with Gasteiger partial charge in [-0.1, -0.05) is 19.1 Å². The number of carbonyl (C=O) groups excluding carboxylic acids is 2. The molecule has 1 aromatic carbocycles. The van der Waals surface area contributed by atoms with Gasteiger partial charge >= 0.3 is 6.03 Å². The van der Waals surface area contributed by atoms with Gasteiger partial charge in [-0.15, -0.1) is 0 Å². The molecule has 1 aromatic rings. The second-order valence-electron chi connectivity index (χ2n) is 7.74. The Morgan fingerprint density at radius 2 is 2.08 bits per heavy atom. The quantitative estimate of drug-likeness (QED) is 0.849. The van der Waals surface area contributed by atoms with Crippen molar-refractivity contribution in [1.29, 1.82) is 0 Å². The fraction of sp³-hybridized carbons (Fsp3) is 0.600. The SMILES string of the molecule is COc1ccccc1NC(=O)NC[C@H]1[C@@H]2CC(=O)N(C(C)C)[C@@H]2C[C@@H]1C. The Hall–Kier alpha value is -2.24. The number of rotatable bonds is 5. The molecule has 1 saturated carbocycles. The molecule has 1 heterocycles. The summed E-state index contributed by atoms with van der Waals surface area (Å²) in [4.78, 5) is 26.7. The average molecular weight is 359 g/mol. The number of nitrogens with zero attached hydrogens (tertiary/aromatic N) is 1. The molecule has 6 nitrogen and oxygen atoms in total. The van der Waals surface area contributed by atoms with E-state index in [4.69, 9.17) is 4.74 Å². The number of likely N-dealkylation sites (tertiary alicyclic amines) is 1. The van der Waals surface area contributed by atoms with Crippen LogP contribution in [-0.2, 0) is 4.79 Å². The first-order valence-corrected chi connectivity index (χ1v) is 9.41. The van der Waals surface area contributed by atoms with Crippen LogP contribution in [-0.4, -0.2) is 42.6 Å². The van der Waals surface area contributed by atoms with Crippen LogP contribution in [0.25, 0.3) is 0 Å². The number of methoxy groups -OCH3 is 1. The van der Waals surface area contributed by atoms with Gasteiger partial charge < -0.3 is 20.3 Å². The lowest BCUT2D eigenvalue weighted by Gasteiger charge is -2.28. The molecule has 26 heavy (non-hydrogen) atoms. The lowest BCUT2D eigenvalue weighted by Crippen LogP contribution is -2.39. The lowest BCUT2D eigenvalue weighted by atomic mass is 9.88. The van der Waals surface area contributed by atoms with E-state index in [9.17, 15) is 9.59 Å². The number of para-hydroxylation sites is 2. The van der Waals surface area contributed by atoms with E-state index in [2.05, 4.69) is 36.3 Å². The topological polar surface area (TPSA) is 70.7 Å². The predicted octanol–water partition coefficient (Wildman–Crippen LogP) is 3.10. The van der Waals surface area contributed by atoms with E-state index in [0.717, 1.165) is 6.42 Å². The van der Waals surface area contributed by atoms with Crippen LogP contribution < -0.4 is 15.4 Å². The Kier molecular flexibility index (Phi) is 5.39. The highest BCUT2D eigenvalue weighted by molar-refractivity contribution is 5.90. The molecular formula is C20H29N3O3. The molecule has 4 atom stereocenters. The van der Waals surface area contributed by atoms with Gasteiger partial charge in [-0.2, -0.15) is 0 Å². The van der Waals surface area contributed by atoms with E-state index in [1.54, 1.807) is 7.11 Å². The zero-order valence-corrected chi connectivity index (χ0v) is 16.0. The number of amides is 3. The van der Waals surface area contributed by atoms with E-state index >= 15 is 0 Å². The average Bonchev–Trinajstić information content (AvgIpc) is 3.06. The highest BCUT2D eigenvalue weighted by atomic mass is 16.5. The number of ether oxygens (including phenoxy) is 1. The predicted molar refractivity (Wildman–Crippen MR) is 101 cm³/mol. The maximum Gasteiger partial charge on any atom is 0.319 e. The normalized spacial score (nSPS) is 27.6. The Bertz CT molecular complexity index is 676. The zero-order chi connectivity index (χ0) is 18.8. The van der Waals surface area contributed by atoms with Crippen LogP contribution >= 0.6 is 0 Å². The molecule has 2 aliphatic rings. The highest BCUT2D eigenvalue weighted by Gasteiger charge is 2.51. The van der Waals surface area contributed by atoms with Crippen molar-refractivity contribution in [3.8, 4) is 5.75 Å². The van der Waals surface area contributed by atoms with Gasteiger partial charge in [0, 0.05) is 25.0 Å². The van der Waals surface area contributed by atoms with Gasteiger partial charge in [0.15, 0.2) is 0 Å². The Balaban J connectivity index is 1.59. The van der Waals surface area contributed by atoms with Gasteiger partial charge in [-0.25, -0.2) is 4.79 Å². The fourth-order valence-electron chi connectivity index (χ4n) is 4.69. The maximum atomic E-state index is 12.3. The summed E-state index contributed by atoms with van der Waals surface area (Å²) in [5.74, 6) is 2.05. The smallest absolute Gasteiger partial charge is 0.319 e. The van der Waals surface area contributed by atoms with Crippen LogP contribution in [0, 0.1) is 17.8 Å². The van der Waals surface area contributed by atoms with Crippen molar-refractivity contribution in [3.63, 3.8) is 0 Å². The molecule has 1 aliphatic heterocycles. The number of urea groups is 1. The summed E-state index contributed by atoms with van der Waals surface area (Å²) in [6.07, 6.45) is 1.63. The Morgan fingerprint density at radius 3 is 2.77 bits per heavy atom. The van der Waals surface area contributed by atoms with Crippen molar-refractivity contribution in [2.45, 2.75) is 45.7 Å². The molecule has 1 aliphatic carbocycles. The van der Waals surface area contributed by atoms with E-state index in [1.807, 2.05) is 24.3 Å². The Labute approximate surface area is 155 Å². The molecule has 3 rings (SSSR count). The van der Waals surface area contributed by atoms with Crippen molar-refractivity contribution in [2.75, 3.05) is 19.0 Å². The molecule has 0 aromatic heterocycles. The Morgan fingerprint density at radius 1 is 1.35 bits per heavy atom. The molecule has 0 spiro atoms. The molecule has 0 radical (unpaired) electrons. The monoisotopic (exact) mass is 359 g/mol. The van der Waals surface area contributed by atoms with Crippen LogP contribution in [0.4, 0.5) is 10.5 Å². The van der Waals surface area contributed by atoms with E-state index in [1.165, 1.54) is 0 Å². The van der Waals surface area contributed by atoms with E-state index in [0.29, 0.717) is 48.2 Å². The number of benzene rings is 1. The first-order chi connectivity index (χ1) is 12.4. The number of hydrogen-bond donors (Lipinski definition) is 2. The minimum Gasteiger partial charge on any atom is -0.495 e. The molecule has 2 N–H and O–H groups in total. The summed E-state index contributed by atoms with van der Waals surface area (Å²) < 4.78 is 5.26. The van der Waals surface area contributed by atoms with Crippen LogP contribution in [0.3, 0.4) is 0 Å². The van der Waals surface area contributed by atoms with Crippen LogP contribution in [0.5, 0.6) is 5.75 Å². The molecule has 6 heteroatoms. The van der Waals surface area contributed by atoms with Crippen molar-refractivity contribution < 1.29 is 14.3 Å². The second-order valence-corrected chi connectivity index (χ2v) is 7.74. The van der Waals surface area contributed by atoms with E-state index in [-0.39, 0.29) is 18.0 Å². The van der Waals surface area contributed by atoms with Gasteiger partial charge in [0.2, 0.25) is 5.91 Å². The first-order valence-electron chi connectivity index (χ1n) is 9.41. The summed E-state index contributed by atoms with van der Waals surface area (Å²) in [5, 5.41) is 5.83. The number of anilines is 1. The highest BCUT2D eigenvalue weighted by Crippen LogP contribution is 2.46. The second kappa shape index (κ2) is 7.56. The molecule has 1 saturated heterocycles. The van der Waals surface area contributed by atoms with Crippen molar-refractivity contribution in [1.82, 2.24) is 10.2 Å². The van der Waals surface area contributed by atoms with Gasteiger partial charge in [-0.3, -0.25) is 4.79 Å². The van der Waals surface area contributed by atoms with Gasteiger partial charge in [0.25, 0.3) is 0 Å². The van der Waals surface area contributed by atoms with Crippen molar-refractivity contribution in [2.24, 2.45) is 17.8 Å². The molecule has 2 fully saturated rings. The molecular weight excluding hydrogens is 330 g/mol. The van der Waals surface area contributed by atoms with Gasteiger partial charge in [-0.05, 0) is 50.2 Å². The third kappa shape index (κ3) is 3.50. The van der Waals surface area contributed by atoms with Crippen molar-refractivity contribution in [3.05, 3.63) is 24.3 Å². The largest absolute Gasteiger partial charge is 0.495 e. The third-order valence-electron chi connectivity index (χ3n) is 5.85. The molecule has 142 valence electrons. The molecule has 0 unspecified atom stereocenters. The zero-order valence-electron chi connectivity index (χ0n) is 16.0. The van der Waals surface area contributed by atoms with Crippen LogP contribution in [0.2, 0.25) is 0 Å². The molecule has 3 amide bonds. The number of nitrogens with one attached hydrogen (secondary N) is 2. The number of fused-ring (bicyclic) bond motifs is 1. The summed E-state index contributed by atoms with van der Waals surface area (Å²) in [6, 6.07) is 7.65. The minimum atomic E-state index is -0.241. The van der Waals surface area contributed by atoms with Crippen LogP contribution in [0.1, 0.15) is 33.6 Å². The van der Waals surface area contributed by atoms with Gasteiger partial charge in [0.1, 0.15) is 5.75 Å². The fourth-order valence-corrected chi connectivity index (χ4v) is 4.69. The van der Waals surface area contributed by atoms with Gasteiger partial charge in [0.05, 0.1) is 12.8 Å². The molecule has 0 bridgehead atoms. The summed E-state index contributed by atoms with van der Waals surface area (Å²) >= 11 is 0.